The summed E-state index contributed by atoms with van der Waals surface area (Å²) in [6, 6.07) is 15.2. The lowest BCUT2D eigenvalue weighted by Gasteiger charge is -2.14. The van der Waals surface area contributed by atoms with E-state index in [9.17, 15) is 14.4 Å². The summed E-state index contributed by atoms with van der Waals surface area (Å²) in [5.74, 6) is -0.431. The quantitative estimate of drug-likeness (QED) is 0.354. The van der Waals surface area contributed by atoms with Crippen molar-refractivity contribution in [3.05, 3.63) is 69.0 Å². The molecule has 3 rings (SSSR count). The van der Waals surface area contributed by atoms with Crippen LogP contribution in [0.15, 0.2) is 57.9 Å². The van der Waals surface area contributed by atoms with Gasteiger partial charge in [-0.15, -0.1) is 0 Å². The van der Waals surface area contributed by atoms with Crippen molar-refractivity contribution in [2.45, 2.75) is 33.0 Å². The highest BCUT2D eigenvalue weighted by Gasteiger charge is 2.36. The average Bonchev–Trinajstić information content (AvgIpc) is 3.01. The maximum absolute atomic E-state index is 12.6. The Hall–Kier alpha value is -2.58. The summed E-state index contributed by atoms with van der Waals surface area (Å²) < 4.78 is 11.7. The van der Waals surface area contributed by atoms with Gasteiger partial charge in [-0.1, -0.05) is 43.3 Å². The van der Waals surface area contributed by atoms with Gasteiger partial charge in [0, 0.05) is 0 Å². The lowest BCUT2D eigenvalue weighted by molar-refractivity contribution is -0.150. The molecule has 8 heteroatoms. The molecule has 0 radical (unpaired) electrons. The Morgan fingerprint density at radius 2 is 1.94 bits per heavy atom. The number of benzene rings is 2. The maximum Gasteiger partial charge on any atom is 0.326 e. The maximum atomic E-state index is 12.6. The van der Waals surface area contributed by atoms with Crippen LogP contribution in [0, 0.1) is 0 Å². The van der Waals surface area contributed by atoms with Gasteiger partial charge in [0.1, 0.15) is 18.9 Å². The molecule has 1 atom stereocenters. The molecule has 31 heavy (non-hydrogen) atoms. The minimum atomic E-state index is -0.597. The predicted octanol–water partition coefficient (Wildman–Crippen LogP) is 5.41. The minimum absolute atomic E-state index is 0.256. The first kappa shape index (κ1) is 23.1. The molecule has 1 saturated heterocycles. The topological polar surface area (TPSA) is 72.9 Å². The number of imide groups is 1. The van der Waals surface area contributed by atoms with Crippen LogP contribution in [-0.2, 0) is 20.9 Å². The highest BCUT2D eigenvalue weighted by atomic mass is 79.9. The van der Waals surface area contributed by atoms with Gasteiger partial charge in [-0.2, -0.15) is 0 Å². The second-order valence-electron chi connectivity index (χ2n) is 6.94. The number of amides is 2. The van der Waals surface area contributed by atoms with Crippen molar-refractivity contribution in [2.75, 3.05) is 6.54 Å². The standard InChI is InChI=1S/C23H22BrNO5S/c1-3-15(2)30-21(26)13-25-22(27)20(31-23(25)28)12-17-9-10-19(18(24)11-17)29-14-16-7-5-4-6-8-16/h4-12,15H,3,13-14H2,1-2H3/b20-12+/t15-/m1/s1. The largest absolute Gasteiger partial charge is 0.488 e. The van der Waals surface area contributed by atoms with Crippen molar-refractivity contribution in [2.24, 2.45) is 0 Å². The molecule has 0 N–H and O–H groups in total. The van der Waals surface area contributed by atoms with Crippen molar-refractivity contribution in [3.63, 3.8) is 0 Å². The Balaban J connectivity index is 1.66. The zero-order chi connectivity index (χ0) is 22.4. The molecule has 1 heterocycles. The van der Waals surface area contributed by atoms with Crippen LogP contribution in [-0.4, -0.2) is 34.7 Å². The zero-order valence-corrected chi connectivity index (χ0v) is 19.6. The average molecular weight is 504 g/mol. The van der Waals surface area contributed by atoms with Gasteiger partial charge in [-0.3, -0.25) is 19.3 Å². The van der Waals surface area contributed by atoms with Gasteiger partial charge in [0.25, 0.3) is 11.1 Å². The van der Waals surface area contributed by atoms with Crippen LogP contribution in [0.5, 0.6) is 5.75 Å². The van der Waals surface area contributed by atoms with E-state index < -0.39 is 17.1 Å². The van der Waals surface area contributed by atoms with Gasteiger partial charge < -0.3 is 9.47 Å². The lowest BCUT2D eigenvalue weighted by Crippen LogP contribution is -2.35. The summed E-state index contributed by atoms with van der Waals surface area (Å²) in [5, 5.41) is -0.487. The molecule has 2 aromatic carbocycles. The van der Waals surface area contributed by atoms with E-state index >= 15 is 0 Å². The Kier molecular flexibility index (Phi) is 7.92. The van der Waals surface area contributed by atoms with Crippen molar-refractivity contribution >= 4 is 50.9 Å². The number of carbonyl (C=O) groups is 3. The highest BCUT2D eigenvalue weighted by Crippen LogP contribution is 2.34. The first-order valence-corrected chi connectivity index (χ1v) is 11.4. The van der Waals surface area contributed by atoms with Crippen LogP contribution in [0.3, 0.4) is 0 Å². The van der Waals surface area contributed by atoms with Crippen molar-refractivity contribution in [3.8, 4) is 5.75 Å². The molecule has 0 aromatic heterocycles. The molecular formula is C23H22BrNO5S. The number of halogens is 1. The molecule has 1 aliphatic heterocycles. The van der Waals surface area contributed by atoms with Crippen LogP contribution in [0.2, 0.25) is 0 Å². The zero-order valence-electron chi connectivity index (χ0n) is 17.2. The second kappa shape index (κ2) is 10.6. The van der Waals surface area contributed by atoms with E-state index in [-0.39, 0.29) is 17.6 Å². The van der Waals surface area contributed by atoms with Crippen LogP contribution < -0.4 is 4.74 Å². The van der Waals surface area contributed by atoms with Crippen LogP contribution in [0.25, 0.3) is 6.08 Å². The molecule has 6 nitrogen and oxygen atoms in total. The summed E-state index contributed by atoms with van der Waals surface area (Å²) in [5.41, 5.74) is 1.78. The second-order valence-corrected chi connectivity index (χ2v) is 8.79. The summed E-state index contributed by atoms with van der Waals surface area (Å²) in [7, 11) is 0. The van der Waals surface area contributed by atoms with E-state index in [4.69, 9.17) is 9.47 Å². The van der Waals surface area contributed by atoms with E-state index in [1.165, 1.54) is 0 Å². The van der Waals surface area contributed by atoms with Crippen LogP contribution >= 0.6 is 27.7 Å². The molecule has 0 spiro atoms. The van der Waals surface area contributed by atoms with E-state index in [1.54, 1.807) is 25.1 Å². The Bertz CT molecular complexity index is 1010. The fourth-order valence-electron chi connectivity index (χ4n) is 2.72. The molecule has 0 bridgehead atoms. The normalized spacial score (nSPS) is 16.0. The number of rotatable bonds is 8. The predicted molar refractivity (Wildman–Crippen MR) is 123 cm³/mol. The van der Waals surface area contributed by atoms with E-state index in [2.05, 4.69) is 15.9 Å². The molecule has 1 aliphatic rings. The van der Waals surface area contributed by atoms with Gasteiger partial charge in [-0.25, -0.2) is 0 Å². The lowest BCUT2D eigenvalue weighted by atomic mass is 10.2. The smallest absolute Gasteiger partial charge is 0.326 e. The summed E-state index contributed by atoms with van der Waals surface area (Å²) >= 11 is 4.29. The third-order valence-corrected chi connectivity index (χ3v) is 6.09. The molecule has 0 unspecified atom stereocenters. The molecular weight excluding hydrogens is 482 g/mol. The minimum Gasteiger partial charge on any atom is -0.488 e. The number of thioether (sulfide) groups is 1. The van der Waals surface area contributed by atoms with Crippen molar-refractivity contribution < 1.29 is 23.9 Å². The highest BCUT2D eigenvalue weighted by molar-refractivity contribution is 9.10. The Morgan fingerprint density at radius 3 is 2.61 bits per heavy atom. The van der Waals surface area contributed by atoms with Gasteiger partial charge in [0.2, 0.25) is 0 Å². The molecule has 0 saturated carbocycles. The molecule has 2 amide bonds. The third kappa shape index (κ3) is 6.21. The fourth-order valence-corrected chi connectivity index (χ4v) is 4.07. The van der Waals surface area contributed by atoms with Crippen molar-refractivity contribution in [1.82, 2.24) is 4.90 Å². The van der Waals surface area contributed by atoms with E-state index in [0.717, 1.165) is 32.3 Å². The van der Waals surface area contributed by atoms with Gasteiger partial charge in [-0.05, 0) is 70.4 Å². The third-order valence-electron chi connectivity index (χ3n) is 4.56. The monoisotopic (exact) mass is 503 g/mol. The number of nitrogens with zero attached hydrogens (tertiary/aromatic N) is 1. The SMILES string of the molecule is CC[C@@H](C)OC(=O)CN1C(=O)S/C(=C/c2ccc(OCc3ccccc3)c(Br)c2)C1=O. The van der Waals surface area contributed by atoms with Gasteiger partial charge in [0.15, 0.2) is 0 Å². The fraction of sp³-hybridized carbons (Fsp3) is 0.261. The summed E-state index contributed by atoms with van der Waals surface area (Å²) in [6.45, 7) is 3.69. The first-order valence-electron chi connectivity index (χ1n) is 9.78. The van der Waals surface area contributed by atoms with Crippen LogP contribution in [0.4, 0.5) is 4.79 Å². The van der Waals surface area contributed by atoms with Gasteiger partial charge in [0.05, 0.1) is 15.5 Å². The van der Waals surface area contributed by atoms with Gasteiger partial charge >= 0.3 is 5.97 Å². The molecule has 1 fully saturated rings. The number of carbonyl (C=O) groups excluding carboxylic acids is 3. The Labute approximate surface area is 193 Å². The number of esters is 1. The summed E-state index contributed by atoms with van der Waals surface area (Å²) in [6.07, 6.45) is 2.02. The van der Waals surface area contributed by atoms with E-state index in [0.29, 0.717) is 18.8 Å². The molecule has 162 valence electrons. The number of ether oxygens (including phenoxy) is 2. The summed E-state index contributed by atoms with van der Waals surface area (Å²) in [4.78, 5) is 37.9. The molecule has 0 aliphatic carbocycles. The van der Waals surface area contributed by atoms with Crippen LogP contribution in [0.1, 0.15) is 31.4 Å². The number of hydrogen-bond acceptors (Lipinski definition) is 6. The van der Waals surface area contributed by atoms with E-state index in [1.807, 2.05) is 43.3 Å². The first-order chi connectivity index (χ1) is 14.9. The van der Waals surface area contributed by atoms with Crippen molar-refractivity contribution in [1.29, 1.82) is 0 Å². The number of hydrogen-bond donors (Lipinski definition) is 0. The molecule has 2 aromatic rings. The Morgan fingerprint density at radius 1 is 1.19 bits per heavy atom.